The summed E-state index contributed by atoms with van der Waals surface area (Å²) in [5, 5.41) is 0. The smallest absolute Gasteiger partial charge is 0.240 e. The van der Waals surface area contributed by atoms with E-state index in [1.165, 1.54) is 5.56 Å². The van der Waals surface area contributed by atoms with E-state index in [2.05, 4.69) is 9.97 Å². The van der Waals surface area contributed by atoms with Gasteiger partial charge in [-0.15, -0.1) is 0 Å². The van der Waals surface area contributed by atoms with Gasteiger partial charge in [-0.2, -0.15) is 0 Å². The summed E-state index contributed by atoms with van der Waals surface area (Å²) in [6, 6.07) is 9.88. The third-order valence-electron chi connectivity index (χ3n) is 4.50. The second-order valence-corrected chi connectivity index (χ2v) is 6.55. The molecule has 3 rings (SSSR count). The first-order valence-electron chi connectivity index (χ1n) is 8.12. The average Bonchev–Trinajstić information content (AvgIpc) is 2.72. The summed E-state index contributed by atoms with van der Waals surface area (Å²) in [7, 11) is 0. The van der Waals surface area contributed by atoms with Crippen molar-refractivity contribution in [3.05, 3.63) is 52.8 Å². The molecule has 0 N–H and O–H groups in total. The molecule has 0 spiro atoms. The van der Waals surface area contributed by atoms with E-state index in [-0.39, 0.29) is 29.6 Å². The SMILES string of the molecule is Cc1ccc(C[C@@H]2C(=O)N(c3nc(C)cc(C)n3)C(=O)[C@H]2C)cc1. The van der Waals surface area contributed by atoms with E-state index < -0.39 is 0 Å². The zero-order valence-corrected chi connectivity index (χ0v) is 14.4. The van der Waals surface area contributed by atoms with Gasteiger partial charge in [-0.1, -0.05) is 36.8 Å². The number of aromatic nitrogens is 2. The summed E-state index contributed by atoms with van der Waals surface area (Å²) in [5.74, 6) is -0.978. The van der Waals surface area contributed by atoms with Crippen molar-refractivity contribution in [3.63, 3.8) is 0 Å². The molecule has 5 nitrogen and oxygen atoms in total. The molecule has 1 aromatic carbocycles. The molecule has 0 unspecified atom stereocenters. The maximum Gasteiger partial charge on any atom is 0.240 e. The quantitative estimate of drug-likeness (QED) is 0.815. The summed E-state index contributed by atoms with van der Waals surface area (Å²) in [6.45, 7) is 7.49. The second-order valence-electron chi connectivity index (χ2n) is 6.55. The fourth-order valence-corrected chi connectivity index (χ4v) is 3.11. The largest absolute Gasteiger partial charge is 0.274 e. The van der Waals surface area contributed by atoms with E-state index in [1.807, 2.05) is 58.0 Å². The lowest BCUT2D eigenvalue weighted by Crippen LogP contribution is -2.33. The summed E-state index contributed by atoms with van der Waals surface area (Å²) < 4.78 is 0. The molecule has 0 saturated carbocycles. The van der Waals surface area contributed by atoms with Gasteiger partial charge in [0.05, 0.1) is 5.92 Å². The molecular weight excluding hydrogens is 302 g/mol. The summed E-state index contributed by atoms with van der Waals surface area (Å²) in [6.07, 6.45) is 0.549. The predicted molar refractivity (Wildman–Crippen MR) is 91.5 cm³/mol. The van der Waals surface area contributed by atoms with Crippen LogP contribution in [0.15, 0.2) is 30.3 Å². The van der Waals surface area contributed by atoms with Gasteiger partial charge >= 0.3 is 0 Å². The molecule has 124 valence electrons. The van der Waals surface area contributed by atoms with Crippen molar-refractivity contribution in [3.8, 4) is 0 Å². The summed E-state index contributed by atoms with van der Waals surface area (Å²) in [4.78, 5) is 35.2. The molecule has 0 aliphatic carbocycles. The van der Waals surface area contributed by atoms with Crippen LogP contribution >= 0.6 is 0 Å². The van der Waals surface area contributed by atoms with E-state index in [0.717, 1.165) is 21.9 Å². The van der Waals surface area contributed by atoms with Gasteiger partial charge < -0.3 is 0 Å². The minimum Gasteiger partial charge on any atom is -0.274 e. The Kier molecular flexibility index (Phi) is 4.18. The van der Waals surface area contributed by atoms with Gasteiger partial charge in [0.25, 0.3) is 0 Å². The number of hydrogen-bond donors (Lipinski definition) is 0. The van der Waals surface area contributed by atoms with Crippen LogP contribution in [0.3, 0.4) is 0 Å². The Balaban J connectivity index is 1.90. The number of carbonyl (C=O) groups is 2. The van der Waals surface area contributed by atoms with Crippen molar-refractivity contribution < 1.29 is 9.59 Å². The molecule has 1 saturated heterocycles. The Bertz CT molecular complexity index is 779. The predicted octanol–water partition coefficient (Wildman–Crippen LogP) is 2.77. The van der Waals surface area contributed by atoms with Crippen molar-refractivity contribution >= 4 is 17.8 Å². The van der Waals surface area contributed by atoms with Gasteiger partial charge in [-0.3, -0.25) is 9.59 Å². The van der Waals surface area contributed by atoms with Crippen LogP contribution in [0.25, 0.3) is 0 Å². The van der Waals surface area contributed by atoms with Crippen LogP contribution in [0.4, 0.5) is 5.95 Å². The minimum atomic E-state index is -0.372. The number of rotatable bonds is 3. The molecular formula is C19H21N3O2. The third-order valence-corrected chi connectivity index (χ3v) is 4.50. The highest BCUT2D eigenvalue weighted by molar-refractivity contribution is 6.21. The van der Waals surface area contributed by atoms with Crippen molar-refractivity contribution in [2.45, 2.75) is 34.1 Å². The maximum absolute atomic E-state index is 12.8. The zero-order valence-electron chi connectivity index (χ0n) is 14.4. The first-order valence-corrected chi connectivity index (χ1v) is 8.12. The lowest BCUT2D eigenvalue weighted by Gasteiger charge is -2.14. The van der Waals surface area contributed by atoms with Crippen molar-refractivity contribution in [1.82, 2.24) is 9.97 Å². The number of amides is 2. The van der Waals surface area contributed by atoms with Crippen molar-refractivity contribution in [2.75, 3.05) is 4.90 Å². The molecule has 24 heavy (non-hydrogen) atoms. The van der Waals surface area contributed by atoms with E-state index in [4.69, 9.17) is 0 Å². The molecule has 1 fully saturated rings. The summed E-state index contributed by atoms with van der Waals surface area (Å²) in [5.41, 5.74) is 3.72. The van der Waals surface area contributed by atoms with Gasteiger partial charge in [0.2, 0.25) is 17.8 Å². The van der Waals surface area contributed by atoms with Gasteiger partial charge in [0.15, 0.2) is 0 Å². The monoisotopic (exact) mass is 323 g/mol. The maximum atomic E-state index is 12.8. The Morgan fingerprint density at radius 1 is 0.958 bits per heavy atom. The fourth-order valence-electron chi connectivity index (χ4n) is 3.11. The Morgan fingerprint density at radius 2 is 1.54 bits per heavy atom. The van der Waals surface area contributed by atoms with Crippen LogP contribution in [0.2, 0.25) is 0 Å². The highest BCUT2D eigenvalue weighted by atomic mass is 16.2. The van der Waals surface area contributed by atoms with Gasteiger partial charge in [-0.05, 0) is 38.8 Å². The third kappa shape index (κ3) is 2.94. The number of carbonyl (C=O) groups excluding carboxylic acids is 2. The fraction of sp³-hybridized carbons (Fsp3) is 0.368. The topological polar surface area (TPSA) is 63.2 Å². The molecule has 1 aromatic heterocycles. The second kappa shape index (κ2) is 6.15. The minimum absolute atomic E-state index is 0.195. The average molecular weight is 323 g/mol. The number of nitrogens with zero attached hydrogens (tertiary/aromatic N) is 3. The van der Waals surface area contributed by atoms with Crippen molar-refractivity contribution in [1.29, 1.82) is 0 Å². The van der Waals surface area contributed by atoms with Crippen LogP contribution < -0.4 is 4.90 Å². The molecule has 2 amide bonds. The molecule has 0 bridgehead atoms. The molecule has 0 radical (unpaired) electrons. The summed E-state index contributed by atoms with van der Waals surface area (Å²) >= 11 is 0. The molecule has 5 heteroatoms. The van der Waals surface area contributed by atoms with Crippen LogP contribution in [0, 0.1) is 32.6 Å². The van der Waals surface area contributed by atoms with Gasteiger partial charge in [0.1, 0.15) is 0 Å². The Hall–Kier alpha value is -2.56. The van der Waals surface area contributed by atoms with Crippen LogP contribution in [0.1, 0.15) is 29.4 Å². The zero-order chi connectivity index (χ0) is 17.4. The lowest BCUT2D eigenvalue weighted by molar-refractivity contribution is -0.122. The van der Waals surface area contributed by atoms with Crippen LogP contribution in [0.5, 0.6) is 0 Å². The first-order chi connectivity index (χ1) is 11.4. The standard InChI is InChI=1S/C19H21N3O2/c1-11-5-7-15(8-6-11)10-16-14(4)17(23)22(18(16)24)19-20-12(2)9-13(3)21-19/h5-9,14,16H,10H2,1-4H3/t14-,16-/m0/s1. The number of anilines is 1. The highest BCUT2D eigenvalue weighted by Crippen LogP contribution is 2.31. The first kappa shape index (κ1) is 16.3. The van der Waals surface area contributed by atoms with Crippen LogP contribution in [-0.4, -0.2) is 21.8 Å². The van der Waals surface area contributed by atoms with E-state index in [1.54, 1.807) is 0 Å². The molecule has 1 aliphatic rings. The Morgan fingerprint density at radius 3 is 2.12 bits per heavy atom. The number of imide groups is 1. The number of benzene rings is 1. The Labute approximate surface area is 141 Å². The van der Waals surface area contributed by atoms with Gasteiger partial charge in [0, 0.05) is 17.3 Å². The molecule has 2 atom stereocenters. The highest BCUT2D eigenvalue weighted by Gasteiger charge is 2.46. The molecule has 2 aromatic rings. The normalized spacial score (nSPS) is 20.8. The molecule has 2 heterocycles. The van der Waals surface area contributed by atoms with Gasteiger partial charge in [-0.25, -0.2) is 14.9 Å². The van der Waals surface area contributed by atoms with E-state index >= 15 is 0 Å². The number of aryl methyl sites for hydroxylation is 3. The van der Waals surface area contributed by atoms with Crippen LogP contribution in [-0.2, 0) is 16.0 Å². The van der Waals surface area contributed by atoms with Crippen molar-refractivity contribution in [2.24, 2.45) is 11.8 Å². The lowest BCUT2D eigenvalue weighted by atomic mass is 9.90. The number of hydrogen-bond acceptors (Lipinski definition) is 4. The van der Waals surface area contributed by atoms with E-state index in [0.29, 0.717) is 6.42 Å². The molecule has 1 aliphatic heterocycles. The van der Waals surface area contributed by atoms with E-state index in [9.17, 15) is 9.59 Å².